The van der Waals surface area contributed by atoms with Gasteiger partial charge in [-0.1, -0.05) is 36.4 Å². The van der Waals surface area contributed by atoms with Gasteiger partial charge in [0.25, 0.3) is 0 Å². The highest BCUT2D eigenvalue weighted by molar-refractivity contribution is 7.10. The smallest absolute Gasteiger partial charge is 0.162 e. The Morgan fingerprint density at radius 1 is 1.18 bits per heavy atom. The summed E-state index contributed by atoms with van der Waals surface area (Å²) in [5.41, 5.74) is 9.69. The van der Waals surface area contributed by atoms with Crippen LogP contribution in [0.4, 0.5) is 0 Å². The van der Waals surface area contributed by atoms with E-state index in [1.54, 1.807) is 11.3 Å². The Kier molecular flexibility index (Phi) is 4.80. The first-order chi connectivity index (χ1) is 13.5. The molecule has 28 heavy (non-hydrogen) atoms. The summed E-state index contributed by atoms with van der Waals surface area (Å²) in [6, 6.07) is 16.3. The number of nitriles is 1. The fourth-order valence-electron chi connectivity index (χ4n) is 4.27. The molecule has 0 amide bonds. The van der Waals surface area contributed by atoms with Crippen molar-refractivity contribution in [2.24, 2.45) is 5.73 Å². The van der Waals surface area contributed by atoms with Gasteiger partial charge in [0.2, 0.25) is 0 Å². The molecule has 5 nitrogen and oxygen atoms in total. The Morgan fingerprint density at radius 3 is 2.54 bits per heavy atom. The van der Waals surface area contributed by atoms with E-state index in [9.17, 15) is 10.1 Å². The van der Waals surface area contributed by atoms with Gasteiger partial charge in [-0.05, 0) is 29.3 Å². The number of thiophene rings is 1. The van der Waals surface area contributed by atoms with Crippen LogP contribution in [0.5, 0.6) is 0 Å². The van der Waals surface area contributed by atoms with Gasteiger partial charge in [0.05, 0.1) is 17.6 Å². The van der Waals surface area contributed by atoms with Crippen LogP contribution in [0.15, 0.2) is 70.5 Å². The lowest BCUT2D eigenvalue weighted by Gasteiger charge is -2.43. The summed E-state index contributed by atoms with van der Waals surface area (Å²) < 4.78 is 0. The molecule has 0 saturated carbocycles. The van der Waals surface area contributed by atoms with Crippen molar-refractivity contribution in [1.82, 2.24) is 10.0 Å². The van der Waals surface area contributed by atoms with Crippen molar-refractivity contribution in [1.29, 1.82) is 5.26 Å². The van der Waals surface area contributed by atoms with E-state index in [1.807, 2.05) is 59.8 Å². The molecule has 4 rings (SSSR count). The zero-order valence-corrected chi connectivity index (χ0v) is 16.7. The van der Waals surface area contributed by atoms with Gasteiger partial charge in [-0.2, -0.15) is 5.26 Å². The molecule has 1 aromatic carbocycles. The quantitative estimate of drug-likeness (QED) is 0.865. The summed E-state index contributed by atoms with van der Waals surface area (Å²) in [5, 5.41) is 15.5. The summed E-state index contributed by atoms with van der Waals surface area (Å²) in [6.45, 7) is 0. The van der Waals surface area contributed by atoms with Gasteiger partial charge in [0, 0.05) is 36.7 Å². The molecule has 0 unspecified atom stereocenters. The number of ketones is 1. The molecule has 1 aliphatic carbocycles. The van der Waals surface area contributed by atoms with Crippen LogP contribution in [0.2, 0.25) is 0 Å². The molecule has 0 radical (unpaired) electrons. The van der Waals surface area contributed by atoms with Gasteiger partial charge in [0.1, 0.15) is 5.82 Å². The standard InChI is InChI=1S/C22H22N4OS/c1-25(2)26-17-11-15(14-7-4-3-5-8-14)12-18(27)21(17)20(16(13-23)22(26)24)19-9-6-10-28-19/h3-10,15,20H,11-12,24H2,1-2H3/t15-,20-/m1/s1. The number of hydrogen-bond acceptors (Lipinski definition) is 6. The molecule has 1 aromatic heterocycles. The van der Waals surface area contributed by atoms with E-state index < -0.39 is 0 Å². The van der Waals surface area contributed by atoms with Crippen LogP contribution in [0.25, 0.3) is 0 Å². The maximum absolute atomic E-state index is 13.4. The first-order valence-electron chi connectivity index (χ1n) is 9.24. The number of benzene rings is 1. The zero-order chi connectivity index (χ0) is 19.8. The maximum atomic E-state index is 13.4. The van der Waals surface area contributed by atoms with E-state index in [4.69, 9.17) is 5.73 Å². The van der Waals surface area contributed by atoms with E-state index in [1.165, 1.54) is 0 Å². The van der Waals surface area contributed by atoms with Gasteiger partial charge in [-0.25, -0.2) is 5.01 Å². The molecule has 0 fully saturated rings. The van der Waals surface area contributed by atoms with Crippen molar-refractivity contribution < 1.29 is 4.79 Å². The second-order valence-electron chi connectivity index (χ2n) is 7.32. The Hall–Kier alpha value is -2.88. The highest BCUT2D eigenvalue weighted by atomic mass is 32.1. The number of carbonyl (C=O) groups is 1. The molecule has 2 heterocycles. The van der Waals surface area contributed by atoms with E-state index in [0.717, 1.165) is 16.1 Å². The van der Waals surface area contributed by atoms with E-state index in [-0.39, 0.29) is 17.6 Å². The summed E-state index contributed by atoms with van der Waals surface area (Å²) in [5.74, 6) is 0.238. The Balaban J connectivity index is 1.88. The van der Waals surface area contributed by atoms with Crippen LogP contribution in [0, 0.1) is 11.3 Å². The Bertz CT molecular complexity index is 999. The Morgan fingerprint density at radius 2 is 1.93 bits per heavy atom. The molecule has 2 aromatic rings. The maximum Gasteiger partial charge on any atom is 0.162 e. The van der Waals surface area contributed by atoms with Crippen molar-refractivity contribution in [2.45, 2.75) is 24.7 Å². The Labute approximate surface area is 169 Å². The largest absolute Gasteiger partial charge is 0.383 e. The van der Waals surface area contributed by atoms with E-state index in [0.29, 0.717) is 29.8 Å². The van der Waals surface area contributed by atoms with Gasteiger partial charge in [-0.15, -0.1) is 11.3 Å². The van der Waals surface area contributed by atoms with E-state index >= 15 is 0 Å². The number of nitrogens with two attached hydrogens (primary N) is 1. The first-order valence-corrected chi connectivity index (χ1v) is 10.1. The molecule has 142 valence electrons. The third-order valence-electron chi connectivity index (χ3n) is 5.44. The van der Waals surface area contributed by atoms with Crippen LogP contribution >= 0.6 is 11.3 Å². The summed E-state index contributed by atoms with van der Waals surface area (Å²) >= 11 is 1.56. The van der Waals surface area contributed by atoms with Crippen molar-refractivity contribution in [3.63, 3.8) is 0 Å². The minimum Gasteiger partial charge on any atom is -0.383 e. The molecule has 0 saturated heterocycles. The number of Topliss-reactive ketones (excluding diaryl/α,β-unsaturated/α-hetero) is 1. The van der Waals surface area contributed by atoms with Crippen LogP contribution in [0.1, 0.15) is 35.1 Å². The average Bonchev–Trinajstić information content (AvgIpc) is 3.21. The molecule has 2 aliphatic rings. The van der Waals surface area contributed by atoms with Crippen LogP contribution in [0.3, 0.4) is 0 Å². The molecular weight excluding hydrogens is 368 g/mol. The predicted molar refractivity (Wildman–Crippen MR) is 110 cm³/mol. The van der Waals surface area contributed by atoms with Crippen LogP contribution in [-0.2, 0) is 4.79 Å². The lowest BCUT2D eigenvalue weighted by molar-refractivity contribution is -0.117. The van der Waals surface area contributed by atoms with Crippen molar-refractivity contribution in [2.75, 3.05) is 14.1 Å². The molecule has 1 aliphatic heterocycles. The number of rotatable bonds is 3. The predicted octanol–water partition coefficient (Wildman–Crippen LogP) is 3.72. The molecule has 0 bridgehead atoms. The third kappa shape index (κ3) is 2.93. The second-order valence-corrected chi connectivity index (χ2v) is 8.30. The third-order valence-corrected chi connectivity index (χ3v) is 6.38. The molecule has 6 heteroatoms. The molecule has 0 spiro atoms. The van der Waals surface area contributed by atoms with Gasteiger partial charge < -0.3 is 5.73 Å². The number of carbonyl (C=O) groups excluding carboxylic acids is 1. The van der Waals surface area contributed by atoms with Gasteiger partial charge in [0.15, 0.2) is 5.78 Å². The minimum absolute atomic E-state index is 0.0978. The fraction of sp³-hybridized carbons (Fsp3) is 0.273. The SMILES string of the molecule is CN(C)N1C(N)=C(C#N)[C@H](c2cccs2)C2=C1C[C@@H](c1ccccc1)CC2=O. The molecule has 2 atom stereocenters. The van der Waals surface area contributed by atoms with Crippen LogP contribution < -0.4 is 5.73 Å². The van der Waals surface area contributed by atoms with Gasteiger partial charge >= 0.3 is 0 Å². The highest BCUT2D eigenvalue weighted by Gasteiger charge is 2.43. The summed E-state index contributed by atoms with van der Waals surface area (Å²) in [4.78, 5) is 14.4. The first kappa shape index (κ1) is 18.5. The highest BCUT2D eigenvalue weighted by Crippen LogP contribution is 2.48. The normalized spacial score (nSPS) is 22.5. The van der Waals surface area contributed by atoms with Crippen molar-refractivity contribution in [3.8, 4) is 6.07 Å². The number of nitrogens with zero attached hydrogens (tertiary/aromatic N) is 3. The lowest BCUT2D eigenvalue weighted by atomic mass is 9.74. The summed E-state index contributed by atoms with van der Waals surface area (Å²) in [6.07, 6.45) is 1.16. The monoisotopic (exact) mass is 390 g/mol. The van der Waals surface area contributed by atoms with Crippen molar-refractivity contribution in [3.05, 3.63) is 80.9 Å². The summed E-state index contributed by atoms with van der Waals surface area (Å²) in [7, 11) is 3.77. The zero-order valence-electron chi connectivity index (χ0n) is 15.9. The minimum atomic E-state index is -0.375. The average molecular weight is 391 g/mol. The molecule has 2 N–H and O–H groups in total. The number of allylic oxidation sites excluding steroid dienone is 3. The lowest BCUT2D eigenvalue weighted by Crippen LogP contribution is -2.45. The van der Waals surface area contributed by atoms with Gasteiger partial charge in [-0.3, -0.25) is 9.80 Å². The van der Waals surface area contributed by atoms with E-state index in [2.05, 4.69) is 18.2 Å². The van der Waals surface area contributed by atoms with Crippen molar-refractivity contribution >= 4 is 17.1 Å². The molecular formula is C22H22N4OS. The van der Waals surface area contributed by atoms with Crippen LogP contribution in [-0.4, -0.2) is 29.9 Å². The topological polar surface area (TPSA) is 73.4 Å². The number of hydrogen-bond donors (Lipinski definition) is 1. The second kappa shape index (κ2) is 7.27. The fourth-order valence-corrected chi connectivity index (χ4v) is 5.11. The number of hydrazine groups is 1.